The Kier molecular flexibility index (Phi) is 6.62. The molecule has 124 valence electrons. The van der Waals surface area contributed by atoms with E-state index in [-0.39, 0.29) is 0 Å². The summed E-state index contributed by atoms with van der Waals surface area (Å²) < 4.78 is 0. The summed E-state index contributed by atoms with van der Waals surface area (Å²) in [5.74, 6) is 2.38. The summed E-state index contributed by atoms with van der Waals surface area (Å²) >= 11 is 6.17. The van der Waals surface area contributed by atoms with Gasteiger partial charge in [-0.15, -0.1) is 0 Å². The maximum atomic E-state index is 6.17. The Morgan fingerprint density at radius 2 is 1.78 bits per heavy atom. The van der Waals surface area contributed by atoms with Crippen LogP contribution in [0.5, 0.6) is 0 Å². The summed E-state index contributed by atoms with van der Waals surface area (Å²) in [6, 6.07) is 9.73. The molecule has 1 aromatic carbocycles. The van der Waals surface area contributed by atoms with Crippen LogP contribution in [0.1, 0.15) is 17.8 Å². The van der Waals surface area contributed by atoms with E-state index in [1.165, 1.54) is 0 Å². The fourth-order valence-electron chi connectivity index (χ4n) is 2.19. The third-order valence-corrected chi connectivity index (χ3v) is 3.71. The first-order chi connectivity index (χ1) is 11.0. The number of anilines is 2. The Morgan fingerprint density at radius 1 is 1.09 bits per heavy atom. The summed E-state index contributed by atoms with van der Waals surface area (Å²) in [4.78, 5) is 11.0. The molecule has 2 aromatic rings. The Balaban J connectivity index is 1.93. The van der Waals surface area contributed by atoms with Crippen LogP contribution in [0.15, 0.2) is 30.3 Å². The van der Waals surface area contributed by atoms with Crippen molar-refractivity contribution in [2.75, 3.05) is 37.8 Å². The lowest BCUT2D eigenvalue weighted by molar-refractivity contribution is 0.405. The van der Waals surface area contributed by atoms with Crippen molar-refractivity contribution < 1.29 is 0 Å². The molecule has 0 atom stereocenters. The highest BCUT2D eigenvalue weighted by Crippen LogP contribution is 2.17. The predicted octanol–water partition coefficient (Wildman–Crippen LogP) is 3.41. The maximum absolute atomic E-state index is 6.17. The van der Waals surface area contributed by atoms with Crippen LogP contribution in [0.4, 0.5) is 11.6 Å². The average Bonchev–Trinajstić information content (AvgIpc) is 2.50. The molecule has 0 saturated carbocycles. The van der Waals surface area contributed by atoms with Gasteiger partial charge in [0.05, 0.1) is 0 Å². The fraction of sp³-hybridized carbons (Fsp3) is 0.412. The number of hydrogen-bond acceptors (Lipinski definition) is 5. The molecular weight excluding hydrogens is 310 g/mol. The Morgan fingerprint density at radius 3 is 2.48 bits per heavy atom. The molecule has 23 heavy (non-hydrogen) atoms. The first-order valence-corrected chi connectivity index (χ1v) is 8.14. The molecule has 0 aliphatic rings. The highest BCUT2D eigenvalue weighted by Gasteiger charge is 2.03. The second-order valence-corrected chi connectivity index (χ2v) is 6.12. The standard InChI is InChI=1S/C17H24ClN5/c1-13-21-16(19-9-6-10-23(2)3)11-17(22-13)20-12-14-7-4-5-8-15(14)18/h4-5,7-8,11H,6,9-10,12H2,1-3H3,(H2,19,20,21,22). The van der Waals surface area contributed by atoms with Gasteiger partial charge in [0.1, 0.15) is 17.5 Å². The molecule has 2 N–H and O–H groups in total. The lowest BCUT2D eigenvalue weighted by Crippen LogP contribution is -2.17. The van der Waals surface area contributed by atoms with Gasteiger partial charge in [-0.2, -0.15) is 0 Å². The van der Waals surface area contributed by atoms with Crippen LogP contribution in [0.2, 0.25) is 5.02 Å². The smallest absolute Gasteiger partial charge is 0.132 e. The summed E-state index contributed by atoms with van der Waals surface area (Å²) in [5.41, 5.74) is 1.05. The van der Waals surface area contributed by atoms with Crippen LogP contribution >= 0.6 is 11.6 Å². The first-order valence-electron chi connectivity index (χ1n) is 7.76. The molecule has 0 amide bonds. The largest absolute Gasteiger partial charge is 0.370 e. The highest BCUT2D eigenvalue weighted by atomic mass is 35.5. The zero-order valence-corrected chi connectivity index (χ0v) is 14.7. The minimum Gasteiger partial charge on any atom is -0.370 e. The van der Waals surface area contributed by atoms with E-state index in [0.717, 1.165) is 47.6 Å². The van der Waals surface area contributed by atoms with E-state index in [9.17, 15) is 0 Å². The Labute approximate surface area is 143 Å². The molecule has 2 rings (SSSR count). The van der Waals surface area contributed by atoms with Crippen molar-refractivity contribution in [3.8, 4) is 0 Å². The maximum Gasteiger partial charge on any atom is 0.132 e. The number of nitrogens with one attached hydrogen (secondary N) is 2. The molecule has 1 aromatic heterocycles. The van der Waals surface area contributed by atoms with Gasteiger partial charge in [0.2, 0.25) is 0 Å². The van der Waals surface area contributed by atoms with Gasteiger partial charge in [-0.1, -0.05) is 29.8 Å². The van der Waals surface area contributed by atoms with E-state index in [1.54, 1.807) is 0 Å². The molecule has 0 aliphatic carbocycles. The van der Waals surface area contributed by atoms with Gasteiger partial charge in [0.15, 0.2) is 0 Å². The van der Waals surface area contributed by atoms with Crippen LogP contribution in [0.3, 0.4) is 0 Å². The number of nitrogens with zero attached hydrogens (tertiary/aromatic N) is 3. The molecule has 6 heteroatoms. The summed E-state index contributed by atoms with van der Waals surface area (Å²) in [7, 11) is 4.15. The number of hydrogen-bond donors (Lipinski definition) is 2. The molecular formula is C17H24ClN5. The van der Waals surface area contributed by atoms with E-state index in [1.807, 2.05) is 37.3 Å². The molecule has 0 radical (unpaired) electrons. The molecule has 0 unspecified atom stereocenters. The van der Waals surface area contributed by atoms with Gasteiger partial charge in [-0.25, -0.2) is 9.97 Å². The number of aromatic nitrogens is 2. The minimum atomic E-state index is 0.635. The first kappa shape index (κ1) is 17.5. The average molecular weight is 334 g/mol. The molecule has 0 bridgehead atoms. The van der Waals surface area contributed by atoms with Gasteiger partial charge in [0.25, 0.3) is 0 Å². The van der Waals surface area contributed by atoms with Crippen molar-refractivity contribution in [3.05, 3.63) is 46.7 Å². The fourth-order valence-corrected chi connectivity index (χ4v) is 2.39. The van der Waals surface area contributed by atoms with Crippen molar-refractivity contribution in [2.45, 2.75) is 19.9 Å². The topological polar surface area (TPSA) is 53.1 Å². The van der Waals surface area contributed by atoms with E-state index in [0.29, 0.717) is 6.54 Å². The lowest BCUT2D eigenvalue weighted by Gasteiger charge is -2.12. The normalized spacial score (nSPS) is 10.8. The summed E-state index contributed by atoms with van der Waals surface area (Å²) in [6.45, 7) is 4.47. The molecule has 0 spiro atoms. The van der Waals surface area contributed by atoms with Crippen LogP contribution in [0.25, 0.3) is 0 Å². The van der Waals surface area contributed by atoms with Crippen molar-refractivity contribution in [1.82, 2.24) is 14.9 Å². The van der Waals surface area contributed by atoms with Gasteiger partial charge in [0, 0.05) is 24.2 Å². The monoisotopic (exact) mass is 333 g/mol. The Bertz CT molecular complexity index is 630. The SMILES string of the molecule is Cc1nc(NCCCN(C)C)cc(NCc2ccccc2Cl)n1. The van der Waals surface area contributed by atoms with Crippen LogP contribution in [0, 0.1) is 6.92 Å². The van der Waals surface area contributed by atoms with Gasteiger partial charge in [-0.3, -0.25) is 0 Å². The number of aryl methyl sites for hydroxylation is 1. The van der Waals surface area contributed by atoms with Gasteiger partial charge < -0.3 is 15.5 Å². The molecule has 5 nitrogen and oxygen atoms in total. The molecule has 0 fully saturated rings. The predicted molar refractivity (Wildman–Crippen MR) is 97.2 cm³/mol. The Hall–Kier alpha value is -1.85. The second kappa shape index (κ2) is 8.70. The van der Waals surface area contributed by atoms with E-state index in [4.69, 9.17) is 11.6 Å². The number of rotatable bonds is 8. The van der Waals surface area contributed by atoms with Crippen molar-refractivity contribution in [2.24, 2.45) is 0 Å². The minimum absolute atomic E-state index is 0.635. The third-order valence-electron chi connectivity index (χ3n) is 3.34. The van der Waals surface area contributed by atoms with E-state index < -0.39 is 0 Å². The molecule has 1 heterocycles. The highest BCUT2D eigenvalue weighted by molar-refractivity contribution is 6.31. The van der Waals surface area contributed by atoms with Crippen molar-refractivity contribution in [3.63, 3.8) is 0 Å². The third kappa shape index (κ3) is 6.04. The summed E-state index contributed by atoms with van der Waals surface area (Å²) in [6.07, 6.45) is 1.07. The zero-order chi connectivity index (χ0) is 16.7. The lowest BCUT2D eigenvalue weighted by atomic mass is 10.2. The number of halogens is 1. The van der Waals surface area contributed by atoms with Crippen molar-refractivity contribution >= 4 is 23.2 Å². The van der Waals surface area contributed by atoms with E-state index >= 15 is 0 Å². The second-order valence-electron chi connectivity index (χ2n) is 5.71. The van der Waals surface area contributed by atoms with Gasteiger partial charge in [-0.05, 0) is 45.6 Å². The quantitative estimate of drug-likeness (QED) is 0.725. The van der Waals surface area contributed by atoms with Crippen molar-refractivity contribution in [1.29, 1.82) is 0 Å². The molecule has 0 aliphatic heterocycles. The van der Waals surface area contributed by atoms with E-state index in [2.05, 4.69) is 39.6 Å². The molecule has 0 saturated heterocycles. The number of benzene rings is 1. The zero-order valence-electron chi connectivity index (χ0n) is 13.9. The van der Waals surface area contributed by atoms with Crippen LogP contribution in [-0.2, 0) is 6.54 Å². The van der Waals surface area contributed by atoms with Crippen LogP contribution < -0.4 is 10.6 Å². The summed E-state index contributed by atoms with van der Waals surface area (Å²) in [5, 5.41) is 7.41. The van der Waals surface area contributed by atoms with Crippen LogP contribution in [-0.4, -0.2) is 42.1 Å². The van der Waals surface area contributed by atoms with Gasteiger partial charge >= 0.3 is 0 Å².